The molecular formula is C35H54N6O5Si2. The summed E-state index contributed by atoms with van der Waals surface area (Å²) in [5.41, 5.74) is 3.53. The fourth-order valence-corrected chi connectivity index (χ4v) is 8.24. The Hall–Kier alpha value is -3.01. The van der Waals surface area contributed by atoms with Crippen LogP contribution in [0.2, 0.25) is 51.4 Å². The number of rotatable bonds is 16. The molecule has 3 fully saturated rings. The van der Waals surface area contributed by atoms with Crippen molar-refractivity contribution in [1.29, 1.82) is 0 Å². The molecule has 1 amide bonds. The molecule has 2 unspecified atom stereocenters. The number of anilines is 1. The summed E-state index contributed by atoms with van der Waals surface area (Å²) in [6.45, 7) is 17.0. The lowest BCUT2D eigenvalue weighted by Gasteiger charge is -2.37. The summed E-state index contributed by atoms with van der Waals surface area (Å²) >= 11 is 0. The molecule has 2 saturated heterocycles. The lowest BCUT2D eigenvalue weighted by molar-refractivity contribution is 0.0934. The van der Waals surface area contributed by atoms with Crippen LogP contribution in [0.1, 0.15) is 50.1 Å². The first-order valence-corrected chi connectivity index (χ1v) is 25.2. The molecule has 0 spiro atoms. The second-order valence-corrected chi connectivity index (χ2v) is 27.7. The number of pyridine rings is 1. The third-order valence-corrected chi connectivity index (χ3v) is 13.3. The molecule has 3 aliphatic rings. The molecule has 0 aromatic carbocycles. The van der Waals surface area contributed by atoms with E-state index < -0.39 is 22.2 Å². The van der Waals surface area contributed by atoms with Crippen molar-refractivity contribution in [3.8, 4) is 17.0 Å². The van der Waals surface area contributed by atoms with Crippen LogP contribution in [0, 0.1) is 5.92 Å². The number of fused-ring (bicyclic) bond motifs is 3. The van der Waals surface area contributed by atoms with Crippen molar-refractivity contribution >= 4 is 33.7 Å². The standard InChI is InChI=1S/C35H54N6O5Si2/c1-47(2,3)15-13-44-23-39(24-45-14-16-48(4,5)6)33-19-31(27-17-28-10-11-29(18-27)40(28)35(42)43)38-34-30(21-37-41(33)34)26-9-12-32(36-20-26)46-22-25-7-8-25/h9,12,19-21,25,27-29H,7-8,10-11,13-18,22-24H2,1-6H3,(H,42,43). The molecule has 3 aromatic heterocycles. The highest BCUT2D eigenvalue weighted by atomic mass is 28.3. The fourth-order valence-electron chi connectivity index (χ4n) is 6.72. The van der Waals surface area contributed by atoms with Gasteiger partial charge in [-0.1, -0.05) is 39.3 Å². The normalized spacial score (nSPS) is 21.2. The van der Waals surface area contributed by atoms with Crippen LogP contribution in [0.25, 0.3) is 16.8 Å². The minimum Gasteiger partial charge on any atom is -0.477 e. The lowest BCUT2D eigenvalue weighted by Crippen LogP contribution is -2.45. The molecule has 262 valence electrons. The van der Waals surface area contributed by atoms with E-state index in [1.165, 1.54) is 12.8 Å². The van der Waals surface area contributed by atoms with Gasteiger partial charge in [0, 0.05) is 82.5 Å². The lowest BCUT2D eigenvalue weighted by atomic mass is 9.88. The molecule has 1 aliphatic carbocycles. The summed E-state index contributed by atoms with van der Waals surface area (Å²) in [5, 5.41) is 14.8. The molecule has 48 heavy (non-hydrogen) atoms. The third-order valence-electron chi connectivity index (χ3n) is 9.87. The minimum absolute atomic E-state index is 0.0235. The van der Waals surface area contributed by atoms with E-state index in [1.807, 2.05) is 29.0 Å². The van der Waals surface area contributed by atoms with Gasteiger partial charge in [-0.05, 0) is 62.6 Å². The number of hydrogen-bond donors (Lipinski definition) is 1. The molecule has 2 atom stereocenters. The zero-order chi connectivity index (χ0) is 34.1. The van der Waals surface area contributed by atoms with Gasteiger partial charge in [0.05, 0.1) is 12.8 Å². The molecule has 0 radical (unpaired) electrons. The molecule has 1 N–H and O–H groups in total. The number of piperidine rings is 1. The van der Waals surface area contributed by atoms with Crippen molar-refractivity contribution in [2.75, 3.05) is 38.2 Å². The molecule has 11 nitrogen and oxygen atoms in total. The first-order chi connectivity index (χ1) is 22.8. The quantitative estimate of drug-likeness (QED) is 0.0931. The van der Waals surface area contributed by atoms with Crippen molar-refractivity contribution in [3.05, 3.63) is 36.3 Å². The zero-order valence-electron chi connectivity index (χ0n) is 29.7. The SMILES string of the molecule is C[Si](C)(C)CCOCN(COCC[Si](C)(C)C)c1cc(C2CC3CCC(C2)N3C(=O)O)nc2c(-c3ccc(OCC4CC4)nc3)cnn12. The predicted octanol–water partition coefficient (Wildman–Crippen LogP) is 7.40. The summed E-state index contributed by atoms with van der Waals surface area (Å²) in [5.74, 6) is 2.30. The van der Waals surface area contributed by atoms with E-state index in [0.29, 0.717) is 38.5 Å². The van der Waals surface area contributed by atoms with Gasteiger partial charge in [0.2, 0.25) is 5.88 Å². The molecule has 5 heterocycles. The number of amides is 1. The average molecular weight is 695 g/mol. The van der Waals surface area contributed by atoms with E-state index >= 15 is 0 Å². The largest absolute Gasteiger partial charge is 0.477 e. The first-order valence-electron chi connectivity index (χ1n) is 17.7. The number of nitrogens with zero attached hydrogens (tertiary/aromatic N) is 6. The van der Waals surface area contributed by atoms with E-state index in [1.54, 1.807) is 4.90 Å². The van der Waals surface area contributed by atoms with Gasteiger partial charge in [-0.3, -0.25) is 0 Å². The Kier molecular flexibility index (Phi) is 10.5. The minimum atomic E-state index is -1.26. The molecule has 6 rings (SSSR count). The van der Waals surface area contributed by atoms with Crippen LogP contribution in [0.15, 0.2) is 30.6 Å². The Morgan fingerprint density at radius 3 is 2.12 bits per heavy atom. The number of ether oxygens (including phenoxy) is 3. The second-order valence-electron chi connectivity index (χ2n) is 16.5. The van der Waals surface area contributed by atoms with Gasteiger partial charge < -0.3 is 29.1 Å². The van der Waals surface area contributed by atoms with Gasteiger partial charge in [0.25, 0.3) is 0 Å². The van der Waals surface area contributed by atoms with E-state index in [4.69, 9.17) is 24.3 Å². The van der Waals surface area contributed by atoms with Crippen LogP contribution in [-0.2, 0) is 9.47 Å². The van der Waals surface area contributed by atoms with Crippen LogP contribution in [-0.4, -0.2) is 97.2 Å². The van der Waals surface area contributed by atoms with Gasteiger partial charge in [0.1, 0.15) is 19.3 Å². The van der Waals surface area contributed by atoms with Gasteiger partial charge >= 0.3 is 6.09 Å². The van der Waals surface area contributed by atoms with Crippen LogP contribution in [0.5, 0.6) is 5.88 Å². The Bertz CT molecular complexity index is 1520. The smallest absolute Gasteiger partial charge is 0.407 e. The van der Waals surface area contributed by atoms with Crippen molar-refractivity contribution in [3.63, 3.8) is 0 Å². The molecule has 13 heteroatoms. The fraction of sp³-hybridized carbons (Fsp3) is 0.657. The zero-order valence-corrected chi connectivity index (χ0v) is 31.7. The Balaban J connectivity index is 1.33. The first kappa shape index (κ1) is 34.8. The van der Waals surface area contributed by atoms with E-state index in [0.717, 1.165) is 72.7 Å². The number of carbonyl (C=O) groups is 1. The van der Waals surface area contributed by atoms with Gasteiger partial charge in [-0.15, -0.1) is 0 Å². The van der Waals surface area contributed by atoms with Crippen LogP contribution < -0.4 is 9.64 Å². The summed E-state index contributed by atoms with van der Waals surface area (Å²) < 4.78 is 20.5. The summed E-state index contributed by atoms with van der Waals surface area (Å²) in [4.78, 5) is 25.8. The van der Waals surface area contributed by atoms with Crippen LogP contribution in [0.4, 0.5) is 10.6 Å². The highest BCUT2D eigenvalue weighted by Crippen LogP contribution is 2.43. The van der Waals surface area contributed by atoms with Crippen LogP contribution in [0.3, 0.4) is 0 Å². The second kappa shape index (κ2) is 14.5. The maximum atomic E-state index is 12.1. The molecule has 1 saturated carbocycles. The van der Waals surface area contributed by atoms with E-state index in [9.17, 15) is 9.90 Å². The summed E-state index contributed by atoms with van der Waals surface area (Å²) in [6, 6.07) is 8.31. The maximum Gasteiger partial charge on any atom is 0.407 e. The molecule has 2 bridgehead atoms. The Morgan fingerprint density at radius 1 is 0.938 bits per heavy atom. The highest BCUT2D eigenvalue weighted by Gasteiger charge is 2.44. The summed E-state index contributed by atoms with van der Waals surface area (Å²) in [7, 11) is -2.52. The number of carboxylic acid groups (broad SMARTS) is 1. The monoisotopic (exact) mass is 694 g/mol. The molecule has 2 aliphatic heterocycles. The third kappa shape index (κ3) is 8.77. The molecular weight excluding hydrogens is 641 g/mol. The number of hydrogen-bond acceptors (Lipinski definition) is 8. The summed E-state index contributed by atoms with van der Waals surface area (Å²) in [6.07, 6.45) is 8.71. The van der Waals surface area contributed by atoms with Crippen LogP contribution >= 0.6 is 0 Å². The highest BCUT2D eigenvalue weighted by molar-refractivity contribution is 6.76. The number of aromatic nitrogens is 4. The van der Waals surface area contributed by atoms with Crippen molar-refractivity contribution in [1.82, 2.24) is 24.5 Å². The van der Waals surface area contributed by atoms with E-state index in [2.05, 4.69) is 55.2 Å². The van der Waals surface area contributed by atoms with Crippen molar-refractivity contribution in [2.45, 2.75) is 108 Å². The van der Waals surface area contributed by atoms with Crippen molar-refractivity contribution in [2.24, 2.45) is 5.92 Å². The Labute approximate surface area is 287 Å². The molecule has 3 aromatic rings. The topological polar surface area (TPSA) is 115 Å². The van der Waals surface area contributed by atoms with E-state index in [-0.39, 0.29) is 18.0 Å². The Morgan fingerprint density at radius 2 is 1.58 bits per heavy atom. The average Bonchev–Trinajstić information content (AvgIpc) is 3.69. The van der Waals surface area contributed by atoms with Gasteiger partial charge in [-0.25, -0.2) is 14.8 Å². The van der Waals surface area contributed by atoms with Gasteiger partial charge in [-0.2, -0.15) is 9.61 Å². The van der Waals surface area contributed by atoms with Crippen molar-refractivity contribution < 1.29 is 24.1 Å². The maximum absolute atomic E-state index is 12.1. The predicted molar refractivity (Wildman–Crippen MR) is 194 cm³/mol. The van der Waals surface area contributed by atoms with Gasteiger partial charge in [0.15, 0.2) is 5.65 Å².